The lowest BCUT2D eigenvalue weighted by Crippen LogP contribution is -2.36. The van der Waals surface area contributed by atoms with E-state index in [4.69, 9.17) is 4.74 Å². The smallest absolute Gasteiger partial charge is 0.408 e. The maximum absolute atomic E-state index is 12.1. The van der Waals surface area contributed by atoms with Crippen LogP contribution in [0.5, 0.6) is 5.75 Å². The highest BCUT2D eigenvalue weighted by molar-refractivity contribution is 5.74. The van der Waals surface area contributed by atoms with Gasteiger partial charge in [0, 0.05) is 31.9 Å². The average Bonchev–Trinajstić information content (AvgIpc) is 2.66. The summed E-state index contributed by atoms with van der Waals surface area (Å²) in [5.41, 5.74) is 0.684. The van der Waals surface area contributed by atoms with Gasteiger partial charge in [0.05, 0.1) is 6.20 Å². The summed E-state index contributed by atoms with van der Waals surface area (Å²) in [6.45, 7) is 3.12. The van der Waals surface area contributed by atoms with E-state index in [2.05, 4.69) is 15.4 Å². The van der Waals surface area contributed by atoms with Gasteiger partial charge in [-0.1, -0.05) is 0 Å². The fourth-order valence-electron chi connectivity index (χ4n) is 2.10. The number of fused-ring (bicyclic) bond motifs is 1. The number of carbonyl (C=O) groups excluding carboxylic acids is 1. The third kappa shape index (κ3) is 2.50. The van der Waals surface area contributed by atoms with Crippen LogP contribution in [0.2, 0.25) is 0 Å². The van der Waals surface area contributed by atoms with Gasteiger partial charge in [-0.25, -0.2) is 14.3 Å². The molecule has 100 valence electrons. The molecule has 0 unspecified atom stereocenters. The van der Waals surface area contributed by atoms with Crippen LogP contribution in [0.1, 0.15) is 6.42 Å². The molecule has 7 nitrogen and oxygen atoms in total. The standard InChI is InChI=1S/C12H15N5O2/c18-12(16-5-1-3-13-4-7-16)19-11-2-6-17-10(11)8-14-9-15-17/h2,6,8-9,13H,1,3-5,7H2. The first kappa shape index (κ1) is 11.9. The van der Waals surface area contributed by atoms with Gasteiger partial charge in [0.25, 0.3) is 0 Å². The second-order valence-electron chi connectivity index (χ2n) is 4.38. The summed E-state index contributed by atoms with van der Waals surface area (Å²) in [7, 11) is 0. The Bertz CT molecular complexity index is 574. The summed E-state index contributed by atoms with van der Waals surface area (Å²) in [5.74, 6) is 0.489. The van der Waals surface area contributed by atoms with Gasteiger partial charge in [0.1, 0.15) is 11.8 Å². The number of rotatable bonds is 1. The predicted octanol–water partition coefficient (Wildman–Crippen LogP) is 0.523. The summed E-state index contributed by atoms with van der Waals surface area (Å²) >= 11 is 0. The molecule has 19 heavy (non-hydrogen) atoms. The van der Waals surface area contributed by atoms with E-state index in [-0.39, 0.29) is 6.09 Å². The number of aromatic nitrogens is 3. The highest BCUT2D eigenvalue weighted by Crippen LogP contribution is 2.19. The lowest BCUT2D eigenvalue weighted by molar-refractivity contribution is 0.156. The lowest BCUT2D eigenvalue weighted by Gasteiger charge is -2.18. The number of ether oxygens (including phenoxy) is 1. The van der Waals surface area contributed by atoms with Gasteiger partial charge >= 0.3 is 6.09 Å². The van der Waals surface area contributed by atoms with Crippen molar-refractivity contribution in [2.24, 2.45) is 0 Å². The van der Waals surface area contributed by atoms with Crippen molar-refractivity contribution in [2.75, 3.05) is 26.2 Å². The number of nitrogens with one attached hydrogen (secondary N) is 1. The molecule has 0 bridgehead atoms. The van der Waals surface area contributed by atoms with Crippen LogP contribution >= 0.6 is 0 Å². The van der Waals surface area contributed by atoms with Gasteiger partial charge in [-0.2, -0.15) is 5.10 Å². The molecule has 0 atom stereocenters. The Morgan fingerprint density at radius 1 is 1.37 bits per heavy atom. The molecule has 1 aliphatic heterocycles. The summed E-state index contributed by atoms with van der Waals surface area (Å²) in [6, 6.07) is 1.72. The SMILES string of the molecule is O=C(Oc1ccn2ncncc12)N1CCCNCC1. The summed E-state index contributed by atoms with van der Waals surface area (Å²) < 4.78 is 7.05. The number of carbonyl (C=O) groups is 1. The van der Waals surface area contributed by atoms with Crippen molar-refractivity contribution in [1.29, 1.82) is 0 Å². The van der Waals surface area contributed by atoms with Gasteiger partial charge in [-0.3, -0.25) is 0 Å². The first-order valence-corrected chi connectivity index (χ1v) is 6.29. The molecule has 0 spiro atoms. The van der Waals surface area contributed by atoms with Crippen molar-refractivity contribution >= 4 is 11.6 Å². The molecule has 0 aromatic carbocycles. The Balaban J connectivity index is 1.75. The van der Waals surface area contributed by atoms with Gasteiger partial charge < -0.3 is 15.0 Å². The van der Waals surface area contributed by atoms with E-state index >= 15 is 0 Å². The third-order valence-electron chi connectivity index (χ3n) is 3.10. The molecule has 1 N–H and O–H groups in total. The highest BCUT2D eigenvalue weighted by Gasteiger charge is 2.18. The maximum atomic E-state index is 12.1. The van der Waals surface area contributed by atoms with Gasteiger partial charge in [-0.05, 0) is 13.0 Å². The van der Waals surface area contributed by atoms with Gasteiger partial charge in [-0.15, -0.1) is 0 Å². The van der Waals surface area contributed by atoms with Crippen molar-refractivity contribution < 1.29 is 9.53 Å². The van der Waals surface area contributed by atoms with Crippen molar-refractivity contribution in [3.8, 4) is 5.75 Å². The molecule has 1 aliphatic rings. The van der Waals surface area contributed by atoms with Crippen molar-refractivity contribution in [1.82, 2.24) is 24.8 Å². The number of nitrogens with zero attached hydrogens (tertiary/aromatic N) is 4. The Labute approximate surface area is 110 Å². The van der Waals surface area contributed by atoms with E-state index in [0.29, 0.717) is 24.4 Å². The second kappa shape index (κ2) is 5.23. The Kier molecular flexibility index (Phi) is 3.28. The lowest BCUT2D eigenvalue weighted by atomic mass is 10.4. The minimum atomic E-state index is -0.319. The van der Waals surface area contributed by atoms with Crippen molar-refractivity contribution in [3.05, 3.63) is 24.8 Å². The predicted molar refractivity (Wildman–Crippen MR) is 68.1 cm³/mol. The second-order valence-corrected chi connectivity index (χ2v) is 4.38. The maximum Gasteiger partial charge on any atom is 0.415 e. The van der Waals surface area contributed by atoms with E-state index < -0.39 is 0 Å². The largest absolute Gasteiger partial charge is 0.415 e. The van der Waals surface area contributed by atoms with Crippen LogP contribution in [0.3, 0.4) is 0 Å². The van der Waals surface area contributed by atoms with E-state index in [1.807, 2.05) is 0 Å². The molecular formula is C12H15N5O2. The van der Waals surface area contributed by atoms with Gasteiger partial charge in [0.2, 0.25) is 0 Å². The first-order valence-electron chi connectivity index (χ1n) is 6.29. The number of hydrogen-bond acceptors (Lipinski definition) is 5. The molecule has 0 aliphatic carbocycles. The fraction of sp³-hybridized carbons (Fsp3) is 0.417. The monoisotopic (exact) mass is 261 g/mol. The Hall–Kier alpha value is -2.15. The molecule has 2 aromatic heterocycles. The Morgan fingerprint density at radius 3 is 3.26 bits per heavy atom. The van der Waals surface area contributed by atoms with Crippen LogP contribution in [-0.2, 0) is 0 Å². The highest BCUT2D eigenvalue weighted by atomic mass is 16.6. The molecule has 2 aromatic rings. The van der Waals surface area contributed by atoms with Crippen molar-refractivity contribution in [3.63, 3.8) is 0 Å². The molecule has 3 heterocycles. The molecular weight excluding hydrogens is 246 g/mol. The Morgan fingerprint density at radius 2 is 2.32 bits per heavy atom. The molecule has 0 radical (unpaired) electrons. The van der Waals surface area contributed by atoms with Crippen LogP contribution in [0.4, 0.5) is 4.79 Å². The molecule has 0 saturated carbocycles. The van der Waals surface area contributed by atoms with Crippen LogP contribution in [0.25, 0.3) is 5.52 Å². The summed E-state index contributed by atoms with van der Waals surface area (Å²) in [4.78, 5) is 17.7. The first-order chi connectivity index (χ1) is 9.34. The molecule has 1 fully saturated rings. The zero-order valence-corrected chi connectivity index (χ0v) is 10.5. The molecule has 1 saturated heterocycles. The average molecular weight is 261 g/mol. The number of amides is 1. The van der Waals surface area contributed by atoms with E-state index in [0.717, 1.165) is 19.5 Å². The van der Waals surface area contributed by atoms with E-state index in [9.17, 15) is 4.79 Å². The van der Waals surface area contributed by atoms with E-state index in [1.165, 1.54) is 6.33 Å². The van der Waals surface area contributed by atoms with E-state index in [1.54, 1.807) is 27.9 Å². The summed E-state index contributed by atoms with van der Waals surface area (Å²) in [6.07, 6.45) is 5.43. The summed E-state index contributed by atoms with van der Waals surface area (Å²) in [5, 5.41) is 7.27. The topological polar surface area (TPSA) is 71.8 Å². The minimum Gasteiger partial charge on any atom is -0.408 e. The normalized spacial score (nSPS) is 16.3. The quantitative estimate of drug-likeness (QED) is 0.810. The van der Waals surface area contributed by atoms with Crippen LogP contribution in [-0.4, -0.2) is 51.8 Å². The fourth-order valence-corrected chi connectivity index (χ4v) is 2.10. The third-order valence-corrected chi connectivity index (χ3v) is 3.10. The van der Waals surface area contributed by atoms with Gasteiger partial charge in [0.15, 0.2) is 5.75 Å². The zero-order valence-electron chi connectivity index (χ0n) is 10.5. The van der Waals surface area contributed by atoms with Crippen LogP contribution < -0.4 is 10.1 Å². The molecule has 3 rings (SSSR count). The number of hydrogen-bond donors (Lipinski definition) is 1. The van der Waals surface area contributed by atoms with Crippen LogP contribution in [0.15, 0.2) is 24.8 Å². The molecule has 1 amide bonds. The zero-order chi connectivity index (χ0) is 13.1. The minimum absolute atomic E-state index is 0.319. The van der Waals surface area contributed by atoms with Crippen molar-refractivity contribution in [2.45, 2.75) is 6.42 Å². The molecule has 7 heteroatoms. The van der Waals surface area contributed by atoms with Crippen LogP contribution in [0, 0.1) is 0 Å².